The number of rotatable bonds is 7. The van der Waals surface area contributed by atoms with Gasteiger partial charge in [0, 0.05) is 19.2 Å². The number of aromatic nitrogens is 2. The number of para-hydroxylation sites is 1. The molecular weight excluding hydrogens is 493 g/mol. The Balaban J connectivity index is 0.00000320. The fraction of sp³-hybridized carbons (Fsp3) is 0.273. The first-order chi connectivity index (χ1) is 14.1. The Kier molecular flexibility index (Phi) is 8.97. The van der Waals surface area contributed by atoms with Gasteiger partial charge in [0.25, 0.3) is 0 Å². The van der Waals surface area contributed by atoms with Gasteiger partial charge >= 0.3 is 0 Å². The summed E-state index contributed by atoms with van der Waals surface area (Å²) < 4.78 is 5.17. The number of H-pyrrole nitrogens is 1. The maximum atomic E-state index is 10.3. The molecule has 0 aliphatic carbocycles. The summed E-state index contributed by atoms with van der Waals surface area (Å²) in [6, 6.07) is 15.5. The Bertz CT molecular complexity index is 959. The van der Waals surface area contributed by atoms with E-state index >= 15 is 0 Å². The first-order valence-electron chi connectivity index (χ1n) is 9.56. The highest BCUT2D eigenvalue weighted by molar-refractivity contribution is 14.0. The SMILES string of the molecule is CCNC(=NCc1cccc(OC)c1O)N(C)Cc1ncc(-c2ccccc2)[nH]1.I. The van der Waals surface area contributed by atoms with Gasteiger partial charge < -0.3 is 25.0 Å². The van der Waals surface area contributed by atoms with Crippen molar-refractivity contribution in [2.45, 2.75) is 20.0 Å². The highest BCUT2D eigenvalue weighted by Crippen LogP contribution is 2.29. The lowest BCUT2D eigenvalue weighted by molar-refractivity contribution is 0.370. The average Bonchev–Trinajstić information content (AvgIpc) is 3.21. The van der Waals surface area contributed by atoms with Crippen LogP contribution in [0.2, 0.25) is 0 Å². The van der Waals surface area contributed by atoms with Crippen LogP contribution in [0.1, 0.15) is 18.3 Å². The van der Waals surface area contributed by atoms with E-state index in [0.717, 1.165) is 29.6 Å². The van der Waals surface area contributed by atoms with E-state index in [-0.39, 0.29) is 29.7 Å². The zero-order valence-corrected chi connectivity index (χ0v) is 19.8. The number of hydrogen-bond acceptors (Lipinski definition) is 4. The summed E-state index contributed by atoms with van der Waals surface area (Å²) >= 11 is 0. The van der Waals surface area contributed by atoms with Gasteiger partial charge in [-0.1, -0.05) is 42.5 Å². The molecular formula is C22H28IN5O2. The van der Waals surface area contributed by atoms with Crippen molar-refractivity contribution in [1.29, 1.82) is 0 Å². The average molecular weight is 521 g/mol. The minimum Gasteiger partial charge on any atom is -0.504 e. The molecule has 0 unspecified atom stereocenters. The smallest absolute Gasteiger partial charge is 0.194 e. The molecule has 1 aromatic heterocycles. The number of imidazole rings is 1. The molecule has 3 aromatic rings. The van der Waals surface area contributed by atoms with Crippen molar-refractivity contribution in [1.82, 2.24) is 20.2 Å². The molecule has 1 heterocycles. The Hall–Kier alpha value is -2.75. The first kappa shape index (κ1) is 23.5. The maximum absolute atomic E-state index is 10.3. The van der Waals surface area contributed by atoms with E-state index in [1.54, 1.807) is 6.07 Å². The molecule has 8 heteroatoms. The molecule has 0 aliphatic heterocycles. The zero-order chi connectivity index (χ0) is 20.6. The van der Waals surface area contributed by atoms with E-state index in [1.165, 1.54) is 7.11 Å². The number of phenols is 1. The molecule has 7 nitrogen and oxygen atoms in total. The Morgan fingerprint density at radius 1 is 1.20 bits per heavy atom. The molecule has 0 aliphatic rings. The van der Waals surface area contributed by atoms with Gasteiger partial charge in [0.1, 0.15) is 5.82 Å². The fourth-order valence-electron chi connectivity index (χ4n) is 3.00. The van der Waals surface area contributed by atoms with Gasteiger partial charge in [-0.3, -0.25) is 0 Å². The normalized spacial score (nSPS) is 11.0. The molecule has 0 bridgehead atoms. The summed E-state index contributed by atoms with van der Waals surface area (Å²) in [7, 11) is 3.49. The van der Waals surface area contributed by atoms with Crippen LogP contribution in [-0.4, -0.2) is 46.6 Å². The lowest BCUT2D eigenvalue weighted by atomic mass is 10.2. The number of nitrogens with zero attached hydrogens (tertiary/aromatic N) is 3. The van der Waals surface area contributed by atoms with E-state index in [2.05, 4.69) is 20.3 Å². The number of aliphatic imine (C=N–C) groups is 1. The van der Waals surface area contributed by atoms with Crippen molar-refractivity contribution < 1.29 is 9.84 Å². The van der Waals surface area contributed by atoms with Crippen LogP contribution in [0.15, 0.2) is 59.7 Å². The molecule has 0 radical (unpaired) electrons. The van der Waals surface area contributed by atoms with E-state index < -0.39 is 0 Å². The van der Waals surface area contributed by atoms with Gasteiger partial charge in [-0.25, -0.2) is 9.98 Å². The van der Waals surface area contributed by atoms with Crippen molar-refractivity contribution in [2.24, 2.45) is 4.99 Å². The van der Waals surface area contributed by atoms with Crippen LogP contribution in [0.4, 0.5) is 0 Å². The summed E-state index contributed by atoms with van der Waals surface area (Å²) in [6.45, 7) is 3.67. The van der Waals surface area contributed by atoms with E-state index in [9.17, 15) is 5.11 Å². The summed E-state index contributed by atoms with van der Waals surface area (Å²) in [6.07, 6.45) is 1.84. The van der Waals surface area contributed by atoms with Crippen molar-refractivity contribution in [2.75, 3.05) is 20.7 Å². The number of hydrogen-bond donors (Lipinski definition) is 3. The van der Waals surface area contributed by atoms with Crippen LogP contribution in [0.25, 0.3) is 11.3 Å². The Morgan fingerprint density at radius 2 is 1.97 bits per heavy atom. The maximum Gasteiger partial charge on any atom is 0.194 e. The highest BCUT2D eigenvalue weighted by atomic mass is 127. The second kappa shape index (κ2) is 11.4. The molecule has 3 N–H and O–H groups in total. The second-order valence-corrected chi connectivity index (χ2v) is 6.60. The number of benzene rings is 2. The Morgan fingerprint density at radius 3 is 2.67 bits per heavy atom. The number of nitrogens with one attached hydrogen (secondary N) is 2. The number of aromatic amines is 1. The van der Waals surface area contributed by atoms with Crippen LogP contribution in [0, 0.1) is 0 Å². The van der Waals surface area contributed by atoms with Gasteiger partial charge in [0.15, 0.2) is 17.5 Å². The lowest BCUT2D eigenvalue weighted by Crippen LogP contribution is -2.38. The number of phenolic OH excluding ortho intramolecular Hbond substituents is 1. The molecule has 0 amide bonds. The fourth-order valence-corrected chi connectivity index (χ4v) is 3.00. The molecule has 0 fully saturated rings. The van der Waals surface area contributed by atoms with Gasteiger partial charge in [0.05, 0.1) is 32.1 Å². The molecule has 2 aromatic carbocycles. The number of guanidine groups is 1. The predicted molar refractivity (Wildman–Crippen MR) is 130 cm³/mol. The molecule has 3 rings (SSSR count). The highest BCUT2D eigenvalue weighted by Gasteiger charge is 2.11. The van der Waals surface area contributed by atoms with E-state index in [0.29, 0.717) is 24.4 Å². The second-order valence-electron chi connectivity index (χ2n) is 6.60. The van der Waals surface area contributed by atoms with E-state index in [1.807, 2.05) is 67.5 Å². The minimum absolute atomic E-state index is 0. The van der Waals surface area contributed by atoms with Gasteiger partial charge in [-0.15, -0.1) is 24.0 Å². The largest absolute Gasteiger partial charge is 0.504 e. The third kappa shape index (κ3) is 5.88. The van der Waals surface area contributed by atoms with Crippen LogP contribution in [-0.2, 0) is 13.1 Å². The van der Waals surface area contributed by atoms with Gasteiger partial charge in [-0.2, -0.15) is 0 Å². The van der Waals surface area contributed by atoms with Crippen LogP contribution >= 0.6 is 24.0 Å². The van der Waals surface area contributed by atoms with E-state index in [4.69, 9.17) is 4.74 Å². The Labute approximate surface area is 194 Å². The summed E-state index contributed by atoms with van der Waals surface area (Å²) in [5, 5.41) is 13.6. The summed E-state index contributed by atoms with van der Waals surface area (Å²) in [4.78, 5) is 14.5. The van der Waals surface area contributed by atoms with Gasteiger partial charge in [0.2, 0.25) is 0 Å². The number of ether oxygens (including phenoxy) is 1. The van der Waals surface area contributed by atoms with Gasteiger partial charge in [-0.05, 0) is 18.6 Å². The summed E-state index contributed by atoms with van der Waals surface area (Å²) in [5.74, 6) is 2.14. The minimum atomic E-state index is 0. The van der Waals surface area contributed by atoms with Crippen molar-refractivity contribution in [3.63, 3.8) is 0 Å². The monoisotopic (exact) mass is 521 g/mol. The first-order valence-corrected chi connectivity index (χ1v) is 9.56. The lowest BCUT2D eigenvalue weighted by Gasteiger charge is -2.21. The van der Waals surface area contributed by atoms with Crippen molar-refractivity contribution in [3.05, 3.63) is 66.1 Å². The number of aromatic hydroxyl groups is 1. The third-order valence-corrected chi connectivity index (χ3v) is 4.50. The molecule has 30 heavy (non-hydrogen) atoms. The topological polar surface area (TPSA) is 85.8 Å². The number of methoxy groups -OCH3 is 1. The molecule has 160 valence electrons. The van der Waals surface area contributed by atoms with Crippen LogP contribution < -0.4 is 10.1 Å². The predicted octanol–water partition coefficient (Wildman–Crippen LogP) is 4.01. The quantitative estimate of drug-likeness (QED) is 0.249. The molecule has 0 saturated carbocycles. The molecule has 0 atom stereocenters. The molecule has 0 saturated heterocycles. The molecule has 0 spiro atoms. The summed E-state index contributed by atoms with van der Waals surface area (Å²) in [5.41, 5.74) is 2.79. The van der Waals surface area contributed by atoms with Crippen LogP contribution in [0.5, 0.6) is 11.5 Å². The van der Waals surface area contributed by atoms with Crippen molar-refractivity contribution >= 4 is 29.9 Å². The van der Waals surface area contributed by atoms with Crippen molar-refractivity contribution in [3.8, 4) is 22.8 Å². The standard InChI is InChI=1S/C22H27N5O2.HI/c1-4-23-22(25-13-17-11-8-12-19(29-3)21(17)28)27(2)15-20-24-14-18(26-20)16-9-6-5-7-10-16;/h5-12,14,28H,4,13,15H2,1-3H3,(H,23,25)(H,24,26);1H. The number of halogens is 1. The third-order valence-electron chi connectivity index (χ3n) is 4.50. The van der Waals surface area contributed by atoms with Crippen LogP contribution in [0.3, 0.4) is 0 Å². The zero-order valence-electron chi connectivity index (χ0n) is 17.4.